The number of aliphatic hydroxyl groups is 1. The van der Waals surface area contributed by atoms with Gasteiger partial charge in [-0.05, 0) is 6.42 Å². The number of ether oxygens (including phenoxy) is 2. The average molecular weight is 218 g/mol. The summed E-state index contributed by atoms with van der Waals surface area (Å²) in [6, 6.07) is 0. The van der Waals surface area contributed by atoms with E-state index in [2.05, 4.69) is 11.7 Å². The predicted octanol–water partition coefficient (Wildman–Crippen LogP) is 1.85. The highest BCUT2D eigenvalue weighted by atomic mass is 16.6. The summed E-state index contributed by atoms with van der Waals surface area (Å²) < 4.78 is 9.19. The highest BCUT2D eigenvalue weighted by molar-refractivity contribution is 5.72. The molecular formula is C11H22O4. The van der Waals surface area contributed by atoms with Gasteiger partial charge < -0.3 is 14.6 Å². The summed E-state index contributed by atoms with van der Waals surface area (Å²) in [5.41, 5.74) is 0. The molecule has 0 aromatic heterocycles. The number of methoxy groups -OCH3 is 1. The van der Waals surface area contributed by atoms with Crippen molar-refractivity contribution in [3.8, 4) is 0 Å². The van der Waals surface area contributed by atoms with Gasteiger partial charge in [-0.15, -0.1) is 0 Å². The second-order valence-corrected chi connectivity index (χ2v) is 3.51. The number of carbonyl (C=O) groups is 1. The van der Waals surface area contributed by atoms with Crippen LogP contribution in [0.4, 0.5) is 0 Å². The van der Waals surface area contributed by atoms with Crippen molar-refractivity contribution in [2.24, 2.45) is 0 Å². The Labute approximate surface area is 91.6 Å². The lowest BCUT2D eigenvalue weighted by atomic mass is 10.1. The zero-order valence-electron chi connectivity index (χ0n) is 9.70. The zero-order chi connectivity index (χ0) is 11.5. The van der Waals surface area contributed by atoms with Crippen molar-refractivity contribution in [2.75, 3.05) is 13.7 Å². The number of esters is 1. The van der Waals surface area contributed by atoms with Crippen molar-refractivity contribution >= 4 is 5.97 Å². The van der Waals surface area contributed by atoms with Crippen LogP contribution in [0.5, 0.6) is 0 Å². The van der Waals surface area contributed by atoms with E-state index >= 15 is 0 Å². The van der Waals surface area contributed by atoms with Crippen LogP contribution < -0.4 is 0 Å². The lowest BCUT2D eigenvalue weighted by molar-refractivity contribution is -0.180. The van der Waals surface area contributed by atoms with Gasteiger partial charge in [-0.25, -0.2) is 4.79 Å². The van der Waals surface area contributed by atoms with Crippen LogP contribution in [0.2, 0.25) is 0 Å². The number of hydrogen-bond donors (Lipinski definition) is 1. The van der Waals surface area contributed by atoms with Gasteiger partial charge in [-0.1, -0.05) is 39.0 Å². The Morgan fingerprint density at radius 1 is 1.20 bits per heavy atom. The largest absolute Gasteiger partial charge is 0.465 e. The van der Waals surface area contributed by atoms with Gasteiger partial charge >= 0.3 is 5.97 Å². The molecule has 0 heterocycles. The van der Waals surface area contributed by atoms with E-state index in [1.54, 1.807) is 0 Å². The quantitative estimate of drug-likeness (QED) is 0.364. The van der Waals surface area contributed by atoms with Crippen molar-refractivity contribution in [1.82, 2.24) is 0 Å². The van der Waals surface area contributed by atoms with Crippen molar-refractivity contribution in [2.45, 2.75) is 51.7 Å². The SMILES string of the molecule is CCCCCCCCO[C@@H](O)C(=O)OC. The van der Waals surface area contributed by atoms with E-state index in [4.69, 9.17) is 9.84 Å². The third-order valence-electron chi connectivity index (χ3n) is 2.18. The van der Waals surface area contributed by atoms with Crippen LogP contribution in [0.25, 0.3) is 0 Å². The van der Waals surface area contributed by atoms with Gasteiger partial charge in [0.2, 0.25) is 0 Å². The minimum Gasteiger partial charge on any atom is -0.465 e. The fourth-order valence-electron chi connectivity index (χ4n) is 1.25. The minimum atomic E-state index is -1.43. The maximum atomic E-state index is 10.7. The number of rotatable bonds is 9. The Morgan fingerprint density at radius 3 is 2.40 bits per heavy atom. The summed E-state index contributed by atoms with van der Waals surface area (Å²) >= 11 is 0. The Kier molecular flexibility index (Phi) is 9.52. The molecule has 0 bridgehead atoms. The number of unbranched alkanes of at least 4 members (excludes halogenated alkanes) is 5. The molecule has 0 aliphatic rings. The summed E-state index contributed by atoms with van der Waals surface area (Å²) in [4.78, 5) is 10.7. The van der Waals surface area contributed by atoms with Crippen LogP contribution in [0.3, 0.4) is 0 Å². The molecule has 0 aromatic rings. The number of hydrogen-bond acceptors (Lipinski definition) is 4. The molecule has 0 rings (SSSR count). The van der Waals surface area contributed by atoms with Crippen LogP contribution in [-0.2, 0) is 14.3 Å². The van der Waals surface area contributed by atoms with E-state index in [1.807, 2.05) is 0 Å². The molecule has 0 spiro atoms. The molecule has 0 saturated heterocycles. The molecule has 15 heavy (non-hydrogen) atoms. The van der Waals surface area contributed by atoms with Crippen LogP contribution in [0.15, 0.2) is 0 Å². The molecule has 0 aromatic carbocycles. The third-order valence-corrected chi connectivity index (χ3v) is 2.18. The van der Waals surface area contributed by atoms with Gasteiger partial charge in [0.05, 0.1) is 13.7 Å². The number of carbonyl (C=O) groups excluding carboxylic acids is 1. The molecule has 4 nitrogen and oxygen atoms in total. The van der Waals surface area contributed by atoms with Crippen LogP contribution in [-0.4, -0.2) is 31.1 Å². The Bertz CT molecular complexity index is 159. The summed E-state index contributed by atoms with van der Waals surface area (Å²) in [7, 11) is 1.22. The minimum absolute atomic E-state index is 0.405. The van der Waals surface area contributed by atoms with Crippen molar-refractivity contribution in [3.63, 3.8) is 0 Å². The molecule has 0 aliphatic carbocycles. The Morgan fingerprint density at radius 2 is 1.80 bits per heavy atom. The summed E-state index contributed by atoms with van der Waals surface area (Å²) in [5, 5.41) is 9.06. The van der Waals surface area contributed by atoms with Crippen molar-refractivity contribution in [3.05, 3.63) is 0 Å². The van der Waals surface area contributed by atoms with E-state index in [-0.39, 0.29) is 0 Å². The fourth-order valence-corrected chi connectivity index (χ4v) is 1.25. The van der Waals surface area contributed by atoms with Crippen molar-refractivity contribution in [1.29, 1.82) is 0 Å². The van der Waals surface area contributed by atoms with E-state index < -0.39 is 12.3 Å². The van der Waals surface area contributed by atoms with Gasteiger partial charge in [-0.3, -0.25) is 0 Å². The molecule has 0 amide bonds. The van der Waals surface area contributed by atoms with Crippen molar-refractivity contribution < 1.29 is 19.4 Å². The Balaban J connectivity index is 3.20. The number of aliphatic hydroxyl groups excluding tert-OH is 1. The molecule has 4 heteroatoms. The maximum absolute atomic E-state index is 10.7. The normalized spacial score (nSPS) is 12.5. The summed E-state index contributed by atoms with van der Waals surface area (Å²) in [6.07, 6.45) is 5.46. The first kappa shape index (κ1) is 14.4. The standard InChI is InChI=1S/C11H22O4/c1-3-4-5-6-7-8-9-15-11(13)10(12)14-2/h11,13H,3-9H2,1-2H3/t11-/m1/s1. The van der Waals surface area contributed by atoms with E-state index in [9.17, 15) is 4.79 Å². The maximum Gasteiger partial charge on any atom is 0.363 e. The zero-order valence-corrected chi connectivity index (χ0v) is 9.70. The summed E-state index contributed by atoms with van der Waals surface area (Å²) in [5.74, 6) is -0.735. The first-order valence-electron chi connectivity index (χ1n) is 5.59. The van der Waals surface area contributed by atoms with Crippen LogP contribution in [0, 0.1) is 0 Å². The Hall–Kier alpha value is -0.610. The third kappa shape index (κ3) is 8.39. The highest BCUT2D eigenvalue weighted by Crippen LogP contribution is 2.05. The molecule has 0 saturated carbocycles. The van der Waals surface area contributed by atoms with Gasteiger partial charge in [0, 0.05) is 0 Å². The molecular weight excluding hydrogens is 196 g/mol. The second kappa shape index (κ2) is 9.93. The smallest absolute Gasteiger partial charge is 0.363 e. The monoisotopic (exact) mass is 218 g/mol. The molecule has 1 atom stereocenters. The van der Waals surface area contributed by atoms with Crippen LogP contribution in [0.1, 0.15) is 45.4 Å². The molecule has 0 radical (unpaired) electrons. The molecule has 0 unspecified atom stereocenters. The molecule has 0 aliphatic heterocycles. The molecule has 90 valence electrons. The summed E-state index contributed by atoms with van der Waals surface area (Å²) in [6.45, 7) is 2.58. The van der Waals surface area contributed by atoms with Gasteiger partial charge in [0.15, 0.2) is 0 Å². The van der Waals surface area contributed by atoms with E-state index in [1.165, 1.54) is 32.8 Å². The van der Waals surface area contributed by atoms with Gasteiger partial charge in [-0.2, -0.15) is 0 Å². The highest BCUT2D eigenvalue weighted by Gasteiger charge is 2.14. The predicted molar refractivity (Wildman–Crippen MR) is 57.4 cm³/mol. The van der Waals surface area contributed by atoms with E-state index in [0.717, 1.165) is 12.8 Å². The second-order valence-electron chi connectivity index (χ2n) is 3.51. The fraction of sp³-hybridized carbons (Fsp3) is 0.909. The first-order chi connectivity index (χ1) is 7.22. The first-order valence-corrected chi connectivity index (χ1v) is 5.59. The average Bonchev–Trinajstić information content (AvgIpc) is 2.26. The van der Waals surface area contributed by atoms with Gasteiger partial charge in [0.1, 0.15) is 0 Å². The molecule has 0 fully saturated rings. The van der Waals surface area contributed by atoms with Gasteiger partial charge in [0.25, 0.3) is 6.29 Å². The lowest BCUT2D eigenvalue weighted by Gasteiger charge is -2.09. The lowest BCUT2D eigenvalue weighted by Crippen LogP contribution is -2.25. The molecule has 1 N–H and O–H groups in total. The topological polar surface area (TPSA) is 55.8 Å². The van der Waals surface area contributed by atoms with Crippen LogP contribution >= 0.6 is 0 Å². The van der Waals surface area contributed by atoms with E-state index in [0.29, 0.717) is 6.61 Å².